The van der Waals surface area contributed by atoms with Crippen molar-refractivity contribution >= 4 is 16.9 Å². The molecule has 2 heterocycles. The number of carbonyl (C=O) groups excluding carboxylic acids is 1. The number of fused-ring (bicyclic) bond motifs is 1. The Bertz CT molecular complexity index is 1000. The van der Waals surface area contributed by atoms with Crippen LogP contribution in [0.3, 0.4) is 0 Å². The van der Waals surface area contributed by atoms with E-state index in [0.717, 1.165) is 16.9 Å². The molecular weight excluding hydrogens is 330 g/mol. The highest BCUT2D eigenvalue weighted by Gasteiger charge is 2.13. The maximum atomic E-state index is 12.2. The molecule has 0 aliphatic carbocycles. The summed E-state index contributed by atoms with van der Waals surface area (Å²) in [7, 11) is 1.97. The summed E-state index contributed by atoms with van der Waals surface area (Å²) < 4.78 is 2.03. The summed E-state index contributed by atoms with van der Waals surface area (Å²) in [5.41, 5.74) is 2.80. The molecule has 3 rings (SSSR count). The van der Waals surface area contributed by atoms with Gasteiger partial charge in [-0.3, -0.25) is 9.59 Å². The lowest BCUT2D eigenvalue weighted by Crippen LogP contribution is -2.31. The summed E-state index contributed by atoms with van der Waals surface area (Å²) in [6, 6.07) is 7.93. The molecule has 0 saturated heterocycles. The normalized spacial score (nSPS) is 11.0. The average molecular weight is 353 g/mol. The molecule has 0 fully saturated rings. The number of rotatable bonds is 6. The highest BCUT2D eigenvalue weighted by Crippen LogP contribution is 2.14. The van der Waals surface area contributed by atoms with Crippen LogP contribution in [0.15, 0.2) is 29.1 Å². The maximum absolute atomic E-state index is 12.2. The smallest absolute Gasteiger partial charge is 0.254 e. The van der Waals surface area contributed by atoms with Crippen molar-refractivity contribution in [1.29, 1.82) is 0 Å². The Kier molecular flexibility index (Phi) is 5.16. The summed E-state index contributed by atoms with van der Waals surface area (Å²) in [4.78, 5) is 35.9. The first-order chi connectivity index (χ1) is 12.5. The van der Waals surface area contributed by atoms with Crippen molar-refractivity contribution in [3.63, 3.8) is 0 Å². The summed E-state index contributed by atoms with van der Waals surface area (Å²) in [6.45, 7) is 4.15. The molecule has 2 aromatic heterocycles. The predicted molar refractivity (Wildman–Crippen MR) is 100 cm³/mol. The van der Waals surface area contributed by atoms with Crippen molar-refractivity contribution in [2.45, 2.75) is 33.1 Å². The van der Waals surface area contributed by atoms with Gasteiger partial charge < -0.3 is 14.9 Å². The van der Waals surface area contributed by atoms with Gasteiger partial charge in [-0.15, -0.1) is 0 Å². The van der Waals surface area contributed by atoms with Gasteiger partial charge in [0.25, 0.3) is 5.56 Å². The minimum atomic E-state index is -0.236. The van der Waals surface area contributed by atoms with E-state index >= 15 is 0 Å². The van der Waals surface area contributed by atoms with Gasteiger partial charge in [0, 0.05) is 37.7 Å². The molecule has 0 aliphatic rings. The molecule has 0 atom stereocenters. The summed E-state index contributed by atoms with van der Waals surface area (Å²) >= 11 is 0. The first kappa shape index (κ1) is 17.8. The summed E-state index contributed by atoms with van der Waals surface area (Å²) in [5, 5.41) is 2.86. The molecule has 0 spiro atoms. The van der Waals surface area contributed by atoms with Crippen LogP contribution in [0.25, 0.3) is 11.0 Å². The van der Waals surface area contributed by atoms with Crippen molar-refractivity contribution < 1.29 is 4.79 Å². The number of aryl methyl sites for hydroxylation is 3. The zero-order valence-electron chi connectivity index (χ0n) is 15.3. The third kappa shape index (κ3) is 3.66. The van der Waals surface area contributed by atoms with Gasteiger partial charge in [0.2, 0.25) is 5.91 Å². The number of imidazole rings is 1. The molecule has 0 aliphatic heterocycles. The highest BCUT2D eigenvalue weighted by molar-refractivity contribution is 5.78. The van der Waals surface area contributed by atoms with E-state index in [9.17, 15) is 9.59 Å². The van der Waals surface area contributed by atoms with Crippen LogP contribution in [0.5, 0.6) is 0 Å². The van der Waals surface area contributed by atoms with Crippen LogP contribution >= 0.6 is 0 Å². The van der Waals surface area contributed by atoms with Gasteiger partial charge in [-0.05, 0) is 19.1 Å². The molecular formula is C19H23N5O2. The number of benzene rings is 1. The first-order valence-corrected chi connectivity index (χ1v) is 8.75. The number of H-pyrrole nitrogens is 1. The van der Waals surface area contributed by atoms with Gasteiger partial charge in [-0.2, -0.15) is 0 Å². The van der Waals surface area contributed by atoms with E-state index in [-0.39, 0.29) is 17.9 Å². The Morgan fingerprint density at radius 3 is 2.73 bits per heavy atom. The second-order valence-electron chi connectivity index (χ2n) is 6.28. The number of aromatic nitrogens is 4. The molecule has 3 aromatic rings. The van der Waals surface area contributed by atoms with Crippen LogP contribution in [0, 0.1) is 6.92 Å². The van der Waals surface area contributed by atoms with Crippen LogP contribution in [-0.4, -0.2) is 32.0 Å². The zero-order valence-corrected chi connectivity index (χ0v) is 15.3. The van der Waals surface area contributed by atoms with Crippen LogP contribution in [0.2, 0.25) is 0 Å². The van der Waals surface area contributed by atoms with E-state index in [0.29, 0.717) is 36.5 Å². The van der Waals surface area contributed by atoms with Crippen molar-refractivity contribution in [1.82, 2.24) is 24.8 Å². The SMILES string of the molecule is CCc1nc(C)c(CC(=O)NCCc2nc3ccccc3n2C)c(=O)[nH]1. The first-order valence-electron chi connectivity index (χ1n) is 8.75. The van der Waals surface area contributed by atoms with Crippen molar-refractivity contribution in [2.75, 3.05) is 6.54 Å². The number of amides is 1. The van der Waals surface area contributed by atoms with E-state index in [1.807, 2.05) is 42.8 Å². The Balaban J connectivity index is 1.61. The van der Waals surface area contributed by atoms with Gasteiger partial charge in [0.1, 0.15) is 11.6 Å². The van der Waals surface area contributed by atoms with E-state index in [1.54, 1.807) is 6.92 Å². The molecule has 0 radical (unpaired) electrons. The number of aromatic amines is 1. The van der Waals surface area contributed by atoms with Crippen molar-refractivity contribution in [3.05, 3.63) is 57.5 Å². The molecule has 7 heteroatoms. The van der Waals surface area contributed by atoms with Gasteiger partial charge in [0.15, 0.2) is 0 Å². The Morgan fingerprint density at radius 1 is 1.27 bits per heavy atom. The minimum Gasteiger partial charge on any atom is -0.355 e. The van der Waals surface area contributed by atoms with E-state index in [1.165, 1.54) is 0 Å². The molecule has 136 valence electrons. The molecule has 0 bridgehead atoms. The summed E-state index contributed by atoms with van der Waals surface area (Å²) in [5.74, 6) is 1.36. The van der Waals surface area contributed by atoms with Crippen LogP contribution in [0.4, 0.5) is 0 Å². The van der Waals surface area contributed by atoms with Crippen LogP contribution in [-0.2, 0) is 31.1 Å². The lowest BCUT2D eigenvalue weighted by molar-refractivity contribution is -0.120. The van der Waals surface area contributed by atoms with E-state index < -0.39 is 0 Å². The third-order valence-corrected chi connectivity index (χ3v) is 4.49. The molecule has 0 saturated carbocycles. The number of carbonyl (C=O) groups is 1. The number of nitrogens with zero attached hydrogens (tertiary/aromatic N) is 3. The number of para-hydroxylation sites is 2. The monoisotopic (exact) mass is 353 g/mol. The lowest BCUT2D eigenvalue weighted by Gasteiger charge is -2.08. The van der Waals surface area contributed by atoms with Crippen LogP contribution < -0.4 is 10.9 Å². The second-order valence-corrected chi connectivity index (χ2v) is 6.28. The predicted octanol–water partition coefficient (Wildman–Crippen LogP) is 1.43. The largest absolute Gasteiger partial charge is 0.355 e. The molecule has 0 unspecified atom stereocenters. The van der Waals surface area contributed by atoms with E-state index in [2.05, 4.69) is 20.3 Å². The molecule has 2 N–H and O–H groups in total. The number of hydrogen-bond donors (Lipinski definition) is 2. The quantitative estimate of drug-likeness (QED) is 0.701. The van der Waals surface area contributed by atoms with Crippen LogP contribution in [0.1, 0.15) is 29.8 Å². The zero-order chi connectivity index (χ0) is 18.7. The van der Waals surface area contributed by atoms with Gasteiger partial charge in [-0.25, -0.2) is 9.97 Å². The fourth-order valence-corrected chi connectivity index (χ4v) is 3.00. The highest BCUT2D eigenvalue weighted by atomic mass is 16.2. The number of nitrogens with one attached hydrogen (secondary N) is 2. The Labute approximate surface area is 151 Å². The fraction of sp³-hybridized carbons (Fsp3) is 0.368. The fourth-order valence-electron chi connectivity index (χ4n) is 3.00. The van der Waals surface area contributed by atoms with Gasteiger partial charge in [0.05, 0.1) is 17.5 Å². The van der Waals surface area contributed by atoms with Crippen molar-refractivity contribution in [2.24, 2.45) is 7.05 Å². The second kappa shape index (κ2) is 7.51. The molecule has 1 amide bonds. The summed E-state index contributed by atoms with van der Waals surface area (Å²) in [6.07, 6.45) is 1.31. The molecule has 26 heavy (non-hydrogen) atoms. The molecule has 1 aromatic carbocycles. The number of hydrogen-bond acceptors (Lipinski definition) is 4. The van der Waals surface area contributed by atoms with Gasteiger partial charge in [-0.1, -0.05) is 19.1 Å². The topological polar surface area (TPSA) is 92.7 Å². The molecule has 7 nitrogen and oxygen atoms in total. The third-order valence-electron chi connectivity index (χ3n) is 4.49. The van der Waals surface area contributed by atoms with Crippen molar-refractivity contribution in [3.8, 4) is 0 Å². The Morgan fingerprint density at radius 2 is 2.04 bits per heavy atom. The van der Waals surface area contributed by atoms with Gasteiger partial charge >= 0.3 is 0 Å². The van der Waals surface area contributed by atoms with E-state index in [4.69, 9.17) is 0 Å². The standard InChI is InChI=1S/C19H23N5O2/c1-4-16-21-12(2)13(19(26)23-16)11-18(25)20-10-9-17-22-14-7-5-6-8-15(14)24(17)3/h5-8H,4,9-11H2,1-3H3,(H,20,25)(H,21,23,26). The lowest BCUT2D eigenvalue weighted by atomic mass is 10.1. The average Bonchev–Trinajstić information content (AvgIpc) is 2.94. The minimum absolute atomic E-state index is 0.0285. The Hall–Kier alpha value is -2.96. The maximum Gasteiger partial charge on any atom is 0.254 e.